The fraction of sp³-hybridized carbons (Fsp3) is 0.143. The van der Waals surface area contributed by atoms with Gasteiger partial charge in [0.1, 0.15) is 17.3 Å². The highest BCUT2D eigenvalue weighted by atomic mass is 32.2. The normalized spacial score (nSPS) is 11.3. The molecule has 0 unspecified atom stereocenters. The summed E-state index contributed by atoms with van der Waals surface area (Å²) in [7, 11) is 0. The number of fused-ring (bicyclic) bond motifs is 1. The molecule has 28 heavy (non-hydrogen) atoms. The van der Waals surface area contributed by atoms with Crippen LogP contribution in [0.1, 0.15) is 22.5 Å². The van der Waals surface area contributed by atoms with Gasteiger partial charge in [0.2, 0.25) is 0 Å². The molecule has 0 amide bonds. The fourth-order valence-electron chi connectivity index (χ4n) is 3.28. The largest absolute Gasteiger partial charge is 0.303 e. The fourth-order valence-corrected chi connectivity index (χ4v) is 3.62. The van der Waals surface area contributed by atoms with E-state index in [1.807, 2.05) is 48.7 Å². The Hall–Kier alpha value is -2.77. The van der Waals surface area contributed by atoms with Crippen LogP contribution in [0, 0.1) is 25.5 Å². The summed E-state index contributed by atoms with van der Waals surface area (Å²) in [4.78, 5) is 9.27. The first kappa shape index (κ1) is 18.6. The maximum absolute atomic E-state index is 14.8. The molecule has 0 saturated carbocycles. The van der Waals surface area contributed by atoms with Crippen molar-refractivity contribution >= 4 is 17.6 Å². The van der Waals surface area contributed by atoms with Crippen molar-refractivity contribution in [3.8, 4) is 11.3 Å². The smallest absolute Gasteiger partial charge is 0.137 e. The Morgan fingerprint density at radius 1 is 1.04 bits per heavy atom. The van der Waals surface area contributed by atoms with Gasteiger partial charge >= 0.3 is 0 Å². The maximum atomic E-state index is 14.8. The average molecular weight is 396 g/mol. The van der Waals surface area contributed by atoms with Gasteiger partial charge in [-0.25, -0.2) is 13.8 Å². The molecule has 4 rings (SSSR count). The van der Waals surface area contributed by atoms with E-state index in [0.29, 0.717) is 22.7 Å². The van der Waals surface area contributed by atoms with Gasteiger partial charge in [0.15, 0.2) is 0 Å². The van der Waals surface area contributed by atoms with Gasteiger partial charge < -0.3 is 4.40 Å². The van der Waals surface area contributed by atoms with Crippen molar-refractivity contribution in [2.24, 2.45) is 5.14 Å². The molecule has 4 nitrogen and oxygen atoms in total. The van der Waals surface area contributed by atoms with Crippen molar-refractivity contribution in [2.45, 2.75) is 25.2 Å². The molecule has 0 aliphatic rings. The molecule has 2 N–H and O–H groups in total. The van der Waals surface area contributed by atoms with Crippen LogP contribution >= 0.6 is 11.9 Å². The van der Waals surface area contributed by atoms with Crippen LogP contribution in [0.15, 0.2) is 53.7 Å². The minimum Gasteiger partial charge on any atom is -0.303 e. The third-order valence-electron chi connectivity index (χ3n) is 4.59. The number of aromatic nitrogens is 3. The Bertz CT molecular complexity index is 1160. The van der Waals surface area contributed by atoms with E-state index >= 15 is 0 Å². The van der Waals surface area contributed by atoms with E-state index in [1.165, 1.54) is 12.1 Å². The van der Waals surface area contributed by atoms with Gasteiger partial charge in [-0.2, -0.15) is 0 Å². The van der Waals surface area contributed by atoms with E-state index in [-0.39, 0.29) is 11.3 Å². The lowest BCUT2D eigenvalue weighted by atomic mass is 10.1. The molecule has 0 radical (unpaired) electrons. The highest BCUT2D eigenvalue weighted by molar-refractivity contribution is 7.97. The van der Waals surface area contributed by atoms with Crippen LogP contribution in [0.4, 0.5) is 8.78 Å². The Kier molecular flexibility index (Phi) is 4.87. The molecule has 0 atom stereocenters. The maximum Gasteiger partial charge on any atom is 0.137 e. The van der Waals surface area contributed by atoms with Crippen LogP contribution in [-0.2, 0) is 6.42 Å². The third-order valence-corrected chi connectivity index (χ3v) is 5.10. The molecule has 7 heteroatoms. The second-order valence-electron chi connectivity index (χ2n) is 6.72. The van der Waals surface area contributed by atoms with Crippen molar-refractivity contribution in [1.82, 2.24) is 14.4 Å². The lowest BCUT2D eigenvalue weighted by Gasteiger charge is -2.09. The third kappa shape index (κ3) is 3.39. The minimum absolute atomic E-state index is 0.151. The Labute approximate surface area is 165 Å². The number of imidazole rings is 1. The summed E-state index contributed by atoms with van der Waals surface area (Å²) in [5.74, 6) is -1.38. The van der Waals surface area contributed by atoms with Crippen molar-refractivity contribution in [3.05, 3.63) is 82.9 Å². The quantitative estimate of drug-likeness (QED) is 0.501. The number of benzene rings is 1. The van der Waals surface area contributed by atoms with Crippen LogP contribution in [-0.4, -0.2) is 14.4 Å². The van der Waals surface area contributed by atoms with Crippen LogP contribution in [0.3, 0.4) is 0 Å². The van der Waals surface area contributed by atoms with Crippen LogP contribution in [0.25, 0.3) is 16.9 Å². The summed E-state index contributed by atoms with van der Waals surface area (Å²) < 4.78 is 31.5. The molecule has 142 valence electrons. The zero-order valence-corrected chi connectivity index (χ0v) is 16.2. The number of nitrogens with two attached hydrogens (primary N) is 1. The minimum atomic E-state index is -0.688. The Morgan fingerprint density at radius 2 is 1.75 bits per heavy atom. The van der Waals surface area contributed by atoms with Gasteiger partial charge in [0, 0.05) is 29.4 Å². The topological polar surface area (TPSA) is 56.2 Å². The number of aryl methyl sites for hydroxylation is 2. The van der Waals surface area contributed by atoms with Crippen LogP contribution in [0.5, 0.6) is 0 Å². The molecule has 0 bridgehead atoms. The zero-order chi connectivity index (χ0) is 19.8. The molecule has 1 aromatic carbocycles. The number of hydrogen-bond acceptors (Lipinski definition) is 4. The molecule has 3 aromatic heterocycles. The molecule has 0 aliphatic carbocycles. The van der Waals surface area contributed by atoms with Crippen LogP contribution in [0.2, 0.25) is 0 Å². The Balaban J connectivity index is 1.96. The number of pyridine rings is 2. The van der Waals surface area contributed by atoms with Gasteiger partial charge in [0.25, 0.3) is 0 Å². The number of halogens is 2. The summed E-state index contributed by atoms with van der Waals surface area (Å²) in [6.45, 7) is 3.93. The van der Waals surface area contributed by atoms with E-state index < -0.39 is 11.6 Å². The second kappa shape index (κ2) is 7.33. The highest BCUT2D eigenvalue weighted by Crippen LogP contribution is 2.33. The van der Waals surface area contributed by atoms with Gasteiger partial charge in [-0.1, -0.05) is 0 Å². The number of hydrogen-bond donors (Lipinski definition) is 1. The van der Waals surface area contributed by atoms with Gasteiger partial charge in [-0.15, -0.1) is 0 Å². The summed E-state index contributed by atoms with van der Waals surface area (Å²) in [5, 5.41) is 5.46. The second-order valence-corrected chi connectivity index (χ2v) is 7.43. The van der Waals surface area contributed by atoms with Crippen molar-refractivity contribution in [2.75, 3.05) is 0 Å². The standard InChI is InChI=1S/C21H18F2N4S/c1-12-3-5-25-14(7-12)9-18-21(26-19-8-13(2)4-6-27(18)19)20-16(22)10-15(28-24)11-17(20)23/h3-8,10-11H,9,24H2,1-2H3. The molecule has 4 aromatic rings. The zero-order valence-electron chi connectivity index (χ0n) is 15.4. The lowest BCUT2D eigenvalue weighted by Crippen LogP contribution is -2.01. The van der Waals surface area contributed by atoms with Gasteiger partial charge in [-0.05, 0) is 73.3 Å². The summed E-state index contributed by atoms with van der Waals surface area (Å²) >= 11 is 0.801. The van der Waals surface area contributed by atoms with E-state index in [1.54, 1.807) is 6.20 Å². The lowest BCUT2D eigenvalue weighted by molar-refractivity contribution is 0.582. The van der Waals surface area contributed by atoms with E-state index in [9.17, 15) is 8.78 Å². The first-order valence-corrected chi connectivity index (χ1v) is 9.59. The molecule has 3 heterocycles. The predicted molar refractivity (Wildman–Crippen MR) is 107 cm³/mol. The van der Waals surface area contributed by atoms with Gasteiger partial charge in [-0.3, -0.25) is 10.1 Å². The molecule has 0 spiro atoms. The summed E-state index contributed by atoms with van der Waals surface area (Å²) in [6.07, 6.45) is 3.99. The first-order valence-electron chi connectivity index (χ1n) is 8.71. The Morgan fingerprint density at radius 3 is 2.43 bits per heavy atom. The molecular formula is C21H18F2N4S. The SMILES string of the molecule is Cc1ccnc(Cc2c(-c3c(F)cc(SN)cc3F)nc3cc(C)ccn23)c1. The molecule has 0 fully saturated rings. The van der Waals surface area contributed by atoms with Crippen molar-refractivity contribution in [3.63, 3.8) is 0 Å². The van der Waals surface area contributed by atoms with Crippen LogP contribution < -0.4 is 5.14 Å². The molecule has 0 saturated heterocycles. The molecule has 0 aliphatic heterocycles. The summed E-state index contributed by atoms with van der Waals surface area (Å²) in [6, 6.07) is 10.1. The van der Waals surface area contributed by atoms with E-state index in [0.717, 1.165) is 28.8 Å². The summed E-state index contributed by atoms with van der Waals surface area (Å²) in [5.41, 5.74) is 4.32. The van der Waals surface area contributed by atoms with E-state index in [2.05, 4.69) is 9.97 Å². The average Bonchev–Trinajstić information content (AvgIpc) is 2.98. The monoisotopic (exact) mass is 396 g/mol. The van der Waals surface area contributed by atoms with Gasteiger partial charge in [0.05, 0.1) is 17.0 Å². The molecular weight excluding hydrogens is 378 g/mol. The van der Waals surface area contributed by atoms with Crippen molar-refractivity contribution in [1.29, 1.82) is 0 Å². The van der Waals surface area contributed by atoms with Crippen molar-refractivity contribution < 1.29 is 8.78 Å². The highest BCUT2D eigenvalue weighted by Gasteiger charge is 2.22. The first-order chi connectivity index (χ1) is 13.5. The number of rotatable bonds is 4. The number of nitrogens with zero attached hydrogens (tertiary/aromatic N) is 3. The van der Waals surface area contributed by atoms with E-state index in [4.69, 9.17) is 5.14 Å². The predicted octanol–water partition coefficient (Wildman–Crippen LogP) is 4.85.